The van der Waals surface area contributed by atoms with E-state index in [0.29, 0.717) is 15.8 Å². The summed E-state index contributed by atoms with van der Waals surface area (Å²) in [5.41, 5.74) is 4.40. The van der Waals surface area contributed by atoms with Crippen LogP contribution in [0, 0.1) is 5.82 Å². The quantitative estimate of drug-likeness (QED) is 0.469. The summed E-state index contributed by atoms with van der Waals surface area (Å²) in [7, 11) is 0. The van der Waals surface area contributed by atoms with E-state index < -0.39 is 5.82 Å². The molecule has 0 heterocycles. The average Bonchev–Trinajstić information content (AvgIpc) is 2.50. The first-order valence-corrected chi connectivity index (χ1v) is 7.45. The number of thiocarbonyl (C=S) groups is 1. The smallest absolute Gasteiger partial charge is 0.191 e. The Morgan fingerprint density at radius 1 is 1.14 bits per heavy atom. The summed E-state index contributed by atoms with van der Waals surface area (Å²) in [5.74, 6) is -0.392. The van der Waals surface area contributed by atoms with Crippen molar-refractivity contribution < 1.29 is 4.39 Å². The lowest BCUT2D eigenvalue weighted by Crippen LogP contribution is -2.25. The van der Waals surface area contributed by atoms with Gasteiger partial charge >= 0.3 is 0 Å². The Morgan fingerprint density at radius 3 is 2.55 bits per heavy atom. The fourth-order valence-corrected chi connectivity index (χ4v) is 2.09. The standard InChI is InChI=1S/C15H12Cl2FN3S/c1-9(10-6-7-11(16)12(17)8-10)20-21-15(22)19-14-5-3-2-4-13(14)18/h2-8H,1H3,(H2,19,21,22)/b20-9-. The number of hydrazone groups is 1. The molecule has 2 aromatic rings. The van der Waals surface area contributed by atoms with Crippen LogP contribution in [0.4, 0.5) is 10.1 Å². The molecule has 114 valence electrons. The maximum Gasteiger partial charge on any atom is 0.191 e. The van der Waals surface area contributed by atoms with Gasteiger partial charge in [0, 0.05) is 0 Å². The van der Waals surface area contributed by atoms with Crippen molar-refractivity contribution in [2.75, 3.05) is 5.32 Å². The van der Waals surface area contributed by atoms with Crippen LogP contribution >= 0.6 is 35.4 Å². The van der Waals surface area contributed by atoms with Crippen molar-refractivity contribution in [2.45, 2.75) is 6.92 Å². The predicted octanol–water partition coefficient (Wildman–Crippen LogP) is 4.84. The molecule has 0 fully saturated rings. The summed E-state index contributed by atoms with van der Waals surface area (Å²) in [6.07, 6.45) is 0. The topological polar surface area (TPSA) is 36.4 Å². The molecular formula is C15H12Cl2FN3S. The van der Waals surface area contributed by atoms with Crippen LogP contribution in [0.2, 0.25) is 10.0 Å². The van der Waals surface area contributed by atoms with Crippen molar-refractivity contribution >= 4 is 51.9 Å². The molecule has 22 heavy (non-hydrogen) atoms. The van der Waals surface area contributed by atoms with Crippen LogP contribution in [0.5, 0.6) is 0 Å². The fraction of sp³-hybridized carbons (Fsp3) is 0.0667. The van der Waals surface area contributed by atoms with E-state index in [1.165, 1.54) is 6.07 Å². The predicted molar refractivity (Wildman–Crippen MR) is 94.4 cm³/mol. The van der Waals surface area contributed by atoms with Gasteiger partial charge in [0.15, 0.2) is 5.11 Å². The van der Waals surface area contributed by atoms with Crippen molar-refractivity contribution in [1.29, 1.82) is 0 Å². The van der Waals surface area contributed by atoms with E-state index in [0.717, 1.165) is 5.56 Å². The van der Waals surface area contributed by atoms with E-state index in [1.54, 1.807) is 43.3 Å². The highest BCUT2D eigenvalue weighted by Crippen LogP contribution is 2.22. The first kappa shape index (κ1) is 16.7. The lowest BCUT2D eigenvalue weighted by atomic mass is 10.1. The summed E-state index contributed by atoms with van der Waals surface area (Å²) in [5, 5.41) is 7.96. The fourth-order valence-electron chi connectivity index (χ4n) is 1.63. The molecule has 0 saturated carbocycles. The minimum Gasteiger partial charge on any atom is -0.329 e. The first-order chi connectivity index (χ1) is 10.5. The molecule has 0 aliphatic heterocycles. The lowest BCUT2D eigenvalue weighted by molar-refractivity contribution is 0.632. The zero-order valence-electron chi connectivity index (χ0n) is 11.5. The van der Waals surface area contributed by atoms with Gasteiger partial charge in [-0.2, -0.15) is 5.10 Å². The third-order valence-electron chi connectivity index (χ3n) is 2.78. The van der Waals surface area contributed by atoms with Crippen molar-refractivity contribution in [1.82, 2.24) is 5.43 Å². The van der Waals surface area contributed by atoms with Crippen LogP contribution in [-0.2, 0) is 0 Å². The third kappa shape index (κ3) is 4.40. The molecule has 0 bridgehead atoms. The molecule has 2 aromatic carbocycles. The summed E-state index contributed by atoms with van der Waals surface area (Å²) < 4.78 is 13.5. The second kappa shape index (κ2) is 7.54. The van der Waals surface area contributed by atoms with Gasteiger partial charge in [0.05, 0.1) is 21.4 Å². The highest BCUT2D eigenvalue weighted by Gasteiger charge is 2.04. The monoisotopic (exact) mass is 355 g/mol. The number of rotatable bonds is 3. The third-order valence-corrected chi connectivity index (χ3v) is 3.72. The van der Waals surface area contributed by atoms with E-state index in [2.05, 4.69) is 15.8 Å². The van der Waals surface area contributed by atoms with E-state index in [1.807, 2.05) is 0 Å². The molecule has 7 heteroatoms. The van der Waals surface area contributed by atoms with E-state index >= 15 is 0 Å². The van der Waals surface area contributed by atoms with Gasteiger partial charge in [0.2, 0.25) is 0 Å². The Kier molecular flexibility index (Phi) is 5.71. The maximum absolute atomic E-state index is 13.5. The number of nitrogens with one attached hydrogen (secondary N) is 2. The first-order valence-electron chi connectivity index (χ1n) is 6.28. The molecule has 0 amide bonds. The normalized spacial score (nSPS) is 11.2. The molecule has 0 radical (unpaired) electrons. The number of hydrogen-bond donors (Lipinski definition) is 2. The molecule has 0 saturated heterocycles. The largest absolute Gasteiger partial charge is 0.329 e. The van der Waals surface area contributed by atoms with Gasteiger partial charge < -0.3 is 5.32 Å². The number of nitrogens with zero attached hydrogens (tertiary/aromatic N) is 1. The highest BCUT2D eigenvalue weighted by molar-refractivity contribution is 7.80. The summed E-state index contributed by atoms with van der Waals surface area (Å²) in [6.45, 7) is 1.79. The summed E-state index contributed by atoms with van der Waals surface area (Å²) >= 11 is 16.9. The molecule has 0 aliphatic rings. The zero-order chi connectivity index (χ0) is 16.1. The molecule has 2 rings (SSSR count). The van der Waals surface area contributed by atoms with Crippen molar-refractivity contribution in [3.8, 4) is 0 Å². The van der Waals surface area contributed by atoms with E-state index in [9.17, 15) is 4.39 Å². The zero-order valence-corrected chi connectivity index (χ0v) is 13.9. The maximum atomic E-state index is 13.5. The number of halogens is 3. The molecule has 0 spiro atoms. The van der Waals surface area contributed by atoms with Crippen molar-refractivity contribution in [3.63, 3.8) is 0 Å². The van der Waals surface area contributed by atoms with Crippen LogP contribution in [0.25, 0.3) is 0 Å². The van der Waals surface area contributed by atoms with E-state index in [-0.39, 0.29) is 10.8 Å². The molecule has 0 atom stereocenters. The summed E-state index contributed by atoms with van der Waals surface area (Å²) in [6, 6.07) is 11.4. The van der Waals surface area contributed by atoms with Crippen LogP contribution in [0.1, 0.15) is 12.5 Å². The van der Waals surface area contributed by atoms with Gasteiger partial charge in [-0.15, -0.1) is 0 Å². The second-order valence-corrected chi connectivity index (χ2v) is 5.59. The lowest BCUT2D eigenvalue weighted by Gasteiger charge is -2.09. The van der Waals surface area contributed by atoms with Gasteiger partial charge in [-0.25, -0.2) is 4.39 Å². The number of hydrogen-bond acceptors (Lipinski definition) is 2. The molecular weight excluding hydrogens is 344 g/mol. The van der Waals surface area contributed by atoms with Crippen LogP contribution in [0.15, 0.2) is 47.6 Å². The Labute approximate surface area is 143 Å². The number of benzene rings is 2. The van der Waals surface area contributed by atoms with Gasteiger partial charge in [-0.1, -0.05) is 41.4 Å². The molecule has 2 N–H and O–H groups in total. The molecule has 3 nitrogen and oxygen atoms in total. The van der Waals surface area contributed by atoms with Gasteiger partial charge in [0.1, 0.15) is 5.82 Å². The molecule has 0 unspecified atom stereocenters. The summed E-state index contributed by atoms with van der Waals surface area (Å²) in [4.78, 5) is 0. The Bertz CT molecular complexity index is 734. The number of para-hydroxylation sites is 1. The van der Waals surface area contributed by atoms with Gasteiger partial charge in [-0.3, -0.25) is 5.43 Å². The SMILES string of the molecule is C/C(=N/NC(=S)Nc1ccccc1F)c1ccc(Cl)c(Cl)c1. The molecule has 0 aliphatic carbocycles. The van der Waals surface area contributed by atoms with E-state index in [4.69, 9.17) is 35.4 Å². The highest BCUT2D eigenvalue weighted by atomic mass is 35.5. The van der Waals surface area contributed by atoms with Crippen LogP contribution in [0.3, 0.4) is 0 Å². The van der Waals surface area contributed by atoms with Crippen LogP contribution < -0.4 is 10.7 Å². The number of anilines is 1. The molecule has 0 aromatic heterocycles. The van der Waals surface area contributed by atoms with Gasteiger partial charge in [0.25, 0.3) is 0 Å². The Hall–Kier alpha value is -1.69. The van der Waals surface area contributed by atoms with Crippen LogP contribution in [-0.4, -0.2) is 10.8 Å². The average molecular weight is 356 g/mol. The minimum absolute atomic E-state index is 0.185. The van der Waals surface area contributed by atoms with Crippen molar-refractivity contribution in [2.24, 2.45) is 5.10 Å². The minimum atomic E-state index is -0.392. The Morgan fingerprint density at radius 2 is 1.86 bits per heavy atom. The Balaban J connectivity index is 2.02. The van der Waals surface area contributed by atoms with Crippen molar-refractivity contribution in [3.05, 3.63) is 63.9 Å². The second-order valence-electron chi connectivity index (χ2n) is 4.37. The van der Waals surface area contributed by atoms with Gasteiger partial charge in [-0.05, 0) is 49.0 Å².